The molecule has 5 nitrogen and oxygen atoms in total. The summed E-state index contributed by atoms with van der Waals surface area (Å²) in [5.41, 5.74) is 0.961. The zero-order valence-electron chi connectivity index (χ0n) is 10.4. The zero-order valence-corrected chi connectivity index (χ0v) is 12.0. The molecule has 0 aliphatic heterocycles. The summed E-state index contributed by atoms with van der Waals surface area (Å²) in [4.78, 5) is 5.32. The van der Waals surface area contributed by atoms with Crippen molar-refractivity contribution in [2.75, 3.05) is 24.1 Å². The molecule has 0 amide bonds. The Morgan fingerprint density at radius 1 is 1.41 bits per heavy atom. The molecule has 0 aromatic carbocycles. The predicted octanol–water partition coefficient (Wildman–Crippen LogP) is 1.37. The van der Waals surface area contributed by atoms with Crippen LogP contribution in [-0.4, -0.2) is 32.7 Å². The Bertz CT molecular complexity index is 454. The first-order valence-electron chi connectivity index (χ1n) is 5.60. The topological polar surface area (TPSA) is 71.1 Å². The third kappa shape index (κ3) is 4.61. The van der Waals surface area contributed by atoms with E-state index in [2.05, 4.69) is 15.0 Å². The van der Waals surface area contributed by atoms with Crippen LogP contribution in [0.4, 0.5) is 5.13 Å². The summed E-state index contributed by atoms with van der Waals surface area (Å²) < 4.78 is 25.9. The van der Waals surface area contributed by atoms with Gasteiger partial charge in [-0.3, -0.25) is 4.72 Å². The highest BCUT2D eigenvalue weighted by Crippen LogP contribution is 2.23. The van der Waals surface area contributed by atoms with Gasteiger partial charge in [0.1, 0.15) is 0 Å². The number of hydrogen-bond donors (Lipinski definition) is 2. The van der Waals surface area contributed by atoms with E-state index in [9.17, 15) is 8.42 Å². The van der Waals surface area contributed by atoms with Crippen molar-refractivity contribution < 1.29 is 8.42 Å². The minimum Gasteiger partial charge on any atom is -0.320 e. The Balaban J connectivity index is 2.63. The molecule has 0 fully saturated rings. The summed E-state index contributed by atoms with van der Waals surface area (Å²) in [6.45, 7) is 4.65. The number of nitrogens with zero attached hydrogens (tertiary/aromatic N) is 1. The van der Waals surface area contributed by atoms with Crippen LogP contribution in [0, 0.1) is 6.92 Å². The van der Waals surface area contributed by atoms with Gasteiger partial charge in [0.15, 0.2) is 5.13 Å². The second kappa shape index (κ2) is 6.32. The van der Waals surface area contributed by atoms with Gasteiger partial charge in [0, 0.05) is 4.88 Å². The maximum Gasteiger partial charge on any atom is 0.234 e. The van der Waals surface area contributed by atoms with Gasteiger partial charge in [-0.1, -0.05) is 6.92 Å². The third-order valence-electron chi connectivity index (χ3n) is 2.31. The van der Waals surface area contributed by atoms with Crippen LogP contribution >= 0.6 is 11.3 Å². The smallest absolute Gasteiger partial charge is 0.234 e. The number of aryl methyl sites for hydroxylation is 2. The molecule has 7 heteroatoms. The van der Waals surface area contributed by atoms with E-state index in [1.165, 1.54) is 11.3 Å². The minimum absolute atomic E-state index is 0.119. The van der Waals surface area contributed by atoms with Crippen LogP contribution in [0.1, 0.15) is 23.9 Å². The summed E-state index contributed by atoms with van der Waals surface area (Å²) in [6, 6.07) is 0. The Labute approximate surface area is 107 Å². The van der Waals surface area contributed by atoms with E-state index in [-0.39, 0.29) is 5.75 Å². The van der Waals surface area contributed by atoms with Crippen molar-refractivity contribution in [3.05, 3.63) is 10.6 Å². The van der Waals surface area contributed by atoms with Gasteiger partial charge < -0.3 is 5.32 Å². The molecule has 0 radical (unpaired) electrons. The normalized spacial score (nSPS) is 11.7. The van der Waals surface area contributed by atoms with E-state index in [1.54, 1.807) is 7.05 Å². The van der Waals surface area contributed by atoms with E-state index in [1.807, 2.05) is 13.8 Å². The van der Waals surface area contributed by atoms with Crippen LogP contribution < -0.4 is 10.0 Å². The Morgan fingerprint density at radius 3 is 2.65 bits per heavy atom. The quantitative estimate of drug-likeness (QED) is 0.738. The summed E-state index contributed by atoms with van der Waals surface area (Å²) in [5, 5.41) is 3.40. The lowest BCUT2D eigenvalue weighted by molar-refractivity contribution is 0.597. The fraction of sp³-hybridized carbons (Fsp3) is 0.700. The molecule has 0 aliphatic carbocycles. The maximum absolute atomic E-state index is 11.7. The maximum atomic E-state index is 11.7. The Morgan fingerprint density at radius 2 is 2.12 bits per heavy atom. The molecule has 0 unspecified atom stereocenters. The van der Waals surface area contributed by atoms with Crippen molar-refractivity contribution in [3.63, 3.8) is 0 Å². The molecular weight excluding hydrogens is 258 g/mol. The minimum atomic E-state index is -3.26. The van der Waals surface area contributed by atoms with Crippen LogP contribution in [0.25, 0.3) is 0 Å². The largest absolute Gasteiger partial charge is 0.320 e. The lowest BCUT2D eigenvalue weighted by atomic mass is 10.3. The van der Waals surface area contributed by atoms with Crippen LogP contribution in [-0.2, 0) is 16.4 Å². The molecule has 1 aromatic heterocycles. The summed E-state index contributed by atoms with van der Waals surface area (Å²) in [6.07, 6.45) is 1.42. The second-order valence-electron chi connectivity index (χ2n) is 3.75. The average Bonchev–Trinajstić information content (AvgIpc) is 2.58. The first kappa shape index (κ1) is 14.4. The van der Waals surface area contributed by atoms with E-state index in [0.717, 1.165) is 17.0 Å². The molecule has 1 rings (SSSR count). The molecular formula is C10H19N3O2S2. The van der Waals surface area contributed by atoms with Gasteiger partial charge in [0.25, 0.3) is 0 Å². The Hall–Kier alpha value is -0.660. The van der Waals surface area contributed by atoms with Crippen molar-refractivity contribution in [2.45, 2.75) is 26.7 Å². The van der Waals surface area contributed by atoms with Crippen LogP contribution in [0.15, 0.2) is 0 Å². The molecule has 0 saturated carbocycles. The SMILES string of the molecule is CCc1nc(NS(=O)(=O)CCCNC)sc1C. The summed E-state index contributed by atoms with van der Waals surface area (Å²) >= 11 is 1.39. The van der Waals surface area contributed by atoms with Gasteiger partial charge in [-0.2, -0.15) is 0 Å². The standard InChI is InChI=1S/C10H19N3O2S2/c1-4-9-8(2)16-10(12-9)13-17(14,15)7-5-6-11-3/h11H,4-7H2,1-3H3,(H,12,13). The van der Waals surface area contributed by atoms with Crippen LogP contribution in [0.3, 0.4) is 0 Å². The number of sulfonamides is 1. The molecule has 98 valence electrons. The molecule has 0 spiro atoms. The van der Waals surface area contributed by atoms with Gasteiger partial charge in [-0.05, 0) is 33.4 Å². The van der Waals surface area contributed by atoms with E-state index >= 15 is 0 Å². The number of thiazole rings is 1. The second-order valence-corrected chi connectivity index (χ2v) is 6.80. The number of anilines is 1. The molecule has 2 N–H and O–H groups in total. The third-order valence-corrected chi connectivity index (χ3v) is 4.70. The van der Waals surface area contributed by atoms with Crippen molar-refractivity contribution >= 4 is 26.5 Å². The van der Waals surface area contributed by atoms with Crippen molar-refractivity contribution in [3.8, 4) is 0 Å². The van der Waals surface area contributed by atoms with Gasteiger partial charge >= 0.3 is 0 Å². The Kier molecular flexibility index (Phi) is 5.35. The van der Waals surface area contributed by atoms with Gasteiger partial charge in [-0.15, -0.1) is 11.3 Å². The number of nitrogens with one attached hydrogen (secondary N) is 2. The van der Waals surface area contributed by atoms with E-state index in [0.29, 0.717) is 18.1 Å². The highest BCUT2D eigenvalue weighted by atomic mass is 32.2. The summed E-state index contributed by atoms with van der Waals surface area (Å²) in [7, 11) is -1.46. The van der Waals surface area contributed by atoms with E-state index < -0.39 is 10.0 Å². The number of hydrogen-bond acceptors (Lipinski definition) is 5. The van der Waals surface area contributed by atoms with E-state index in [4.69, 9.17) is 0 Å². The lowest BCUT2D eigenvalue weighted by Gasteiger charge is -2.04. The predicted molar refractivity (Wildman–Crippen MR) is 72.2 cm³/mol. The molecule has 0 bridgehead atoms. The molecule has 17 heavy (non-hydrogen) atoms. The lowest BCUT2D eigenvalue weighted by Crippen LogP contribution is -2.20. The summed E-state index contributed by atoms with van der Waals surface area (Å²) in [5.74, 6) is 0.119. The van der Waals surface area contributed by atoms with Crippen molar-refractivity contribution in [1.29, 1.82) is 0 Å². The highest BCUT2D eigenvalue weighted by molar-refractivity contribution is 7.92. The van der Waals surface area contributed by atoms with Crippen LogP contribution in [0.2, 0.25) is 0 Å². The zero-order chi connectivity index (χ0) is 12.9. The first-order chi connectivity index (χ1) is 7.98. The van der Waals surface area contributed by atoms with Crippen molar-refractivity contribution in [2.24, 2.45) is 0 Å². The highest BCUT2D eigenvalue weighted by Gasteiger charge is 2.13. The van der Waals surface area contributed by atoms with Crippen molar-refractivity contribution in [1.82, 2.24) is 10.3 Å². The van der Waals surface area contributed by atoms with Crippen LogP contribution in [0.5, 0.6) is 0 Å². The first-order valence-corrected chi connectivity index (χ1v) is 8.06. The molecule has 1 aromatic rings. The molecule has 0 saturated heterocycles. The number of aromatic nitrogens is 1. The average molecular weight is 277 g/mol. The molecule has 0 aliphatic rings. The number of rotatable bonds is 7. The van der Waals surface area contributed by atoms with Gasteiger partial charge in [-0.25, -0.2) is 13.4 Å². The molecule has 0 atom stereocenters. The van der Waals surface area contributed by atoms with Gasteiger partial charge in [0.05, 0.1) is 11.4 Å². The van der Waals surface area contributed by atoms with Gasteiger partial charge in [0.2, 0.25) is 10.0 Å². The monoisotopic (exact) mass is 277 g/mol. The fourth-order valence-electron chi connectivity index (χ4n) is 1.42. The molecule has 1 heterocycles. The fourth-order valence-corrected chi connectivity index (χ4v) is 3.66.